The van der Waals surface area contributed by atoms with E-state index >= 15 is 0 Å². The third-order valence-corrected chi connectivity index (χ3v) is 3.22. The Kier molecular flexibility index (Phi) is 4.43. The van der Waals surface area contributed by atoms with Crippen LogP contribution < -0.4 is 10.6 Å². The van der Waals surface area contributed by atoms with Crippen molar-refractivity contribution in [1.82, 2.24) is 5.32 Å². The Morgan fingerprint density at radius 3 is 2.33 bits per heavy atom. The molecule has 0 unspecified atom stereocenters. The number of thiocarbonyl (C=S) groups is 1. The minimum Gasteiger partial charge on any atom is -0.472 e. The van der Waals surface area contributed by atoms with Crippen LogP contribution in [0.25, 0.3) is 0 Å². The summed E-state index contributed by atoms with van der Waals surface area (Å²) in [5.41, 5.74) is 2.61. The molecule has 5 heteroatoms. The zero-order valence-electron chi connectivity index (χ0n) is 12.3. The summed E-state index contributed by atoms with van der Waals surface area (Å²) in [5, 5.41) is 5.83. The van der Waals surface area contributed by atoms with Crippen LogP contribution in [0.3, 0.4) is 0 Å². The number of anilines is 1. The molecule has 0 radical (unpaired) electrons. The Bertz CT molecular complexity index is 625. The molecule has 2 rings (SSSR count). The molecule has 21 heavy (non-hydrogen) atoms. The normalized spacial score (nSPS) is 11.0. The molecule has 0 saturated carbocycles. The van der Waals surface area contributed by atoms with Gasteiger partial charge in [-0.05, 0) is 41.4 Å². The second kappa shape index (κ2) is 6.10. The second-order valence-corrected chi connectivity index (χ2v) is 6.16. The molecule has 1 aromatic heterocycles. The lowest BCUT2D eigenvalue weighted by Crippen LogP contribution is -2.33. The zero-order chi connectivity index (χ0) is 15.5. The van der Waals surface area contributed by atoms with Gasteiger partial charge in [-0.15, -0.1) is 0 Å². The minimum atomic E-state index is -0.299. The third kappa shape index (κ3) is 4.16. The number of furan rings is 1. The third-order valence-electron chi connectivity index (χ3n) is 3.02. The first-order valence-electron chi connectivity index (χ1n) is 6.61. The number of benzene rings is 1. The lowest BCUT2D eigenvalue weighted by atomic mass is 9.87. The van der Waals surface area contributed by atoms with Crippen molar-refractivity contribution < 1.29 is 9.21 Å². The maximum Gasteiger partial charge on any atom is 0.260 e. The number of carbonyl (C=O) groups is 1. The highest BCUT2D eigenvalue weighted by Crippen LogP contribution is 2.23. The fraction of sp³-hybridized carbons (Fsp3) is 0.250. The summed E-state index contributed by atoms with van der Waals surface area (Å²) in [4.78, 5) is 11.8. The average Bonchev–Trinajstić information content (AvgIpc) is 2.92. The quantitative estimate of drug-likeness (QED) is 0.831. The van der Waals surface area contributed by atoms with Gasteiger partial charge in [0.1, 0.15) is 6.26 Å². The molecule has 1 aromatic carbocycles. The summed E-state index contributed by atoms with van der Waals surface area (Å²) in [5.74, 6) is -0.299. The first-order valence-corrected chi connectivity index (χ1v) is 7.02. The van der Waals surface area contributed by atoms with Crippen molar-refractivity contribution in [3.63, 3.8) is 0 Å². The molecule has 0 spiro atoms. The number of hydrogen-bond donors (Lipinski definition) is 2. The summed E-state index contributed by atoms with van der Waals surface area (Å²) in [6.07, 6.45) is 2.81. The average molecular weight is 302 g/mol. The topological polar surface area (TPSA) is 54.3 Å². The van der Waals surface area contributed by atoms with Crippen molar-refractivity contribution in [2.75, 3.05) is 5.32 Å². The molecule has 4 nitrogen and oxygen atoms in total. The van der Waals surface area contributed by atoms with Crippen molar-refractivity contribution in [2.45, 2.75) is 26.2 Å². The molecule has 2 N–H and O–H groups in total. The molecule has 0 aliphatic carbocycles. The number of rotatable bonds is 2. The van der Waals surface area contributed by atoms with E-state index in [1.54, 1.807) is 6.07 Å². The summed E-state index contributed by atoms with van der Waals surface area (Å²) < 4.78 is 4.86. The van der Waals surface area contributed by atoms with Gasteiger partial charge in [-0.1, -0.05) is 32.9 Å². The molecule has 0 fully saturated rings. The predicted molar refractivity (Wildman–Crippen MR) is 87.5 cm³/mol. The molecule has 0 aliphatic rings. The molecule has 110 valence electrons. The van der Waals surface area contributed by atoms with Crippen LogP contribution in [0, 0.1) is 0 Å². The van der Waals surface area contributed by atoms with E-state index in [0.717, 1.165) is 5.69 Å². The van der Waals surface area contributed by atoms with Crippen LogP contribution in [-0.2, 0) is 5.41 Å². The summed E-state index contributed by atoms with van der Waals surface area (Å²) in [6.45, 7) is 6.47. The molecule has 1 heterocycles. The van der Waals surface area contributed by atoms with E-state index in [9.17, 15) is 4.79 Å². The van der Waals surface area contributed by atoms with E-state index in [2.05, 4.69) is 31.4 Å². The van der Waals surface area contributed by atoms with Crippen molar-refractivity contribution >= 4 is 28.9 Å². The molecular formula is C16H18N2O2S. The van der Waals surface area contributed by atoms with Crippen LogP contribution >= 0.6 is 12.2 Å². The maximum atomic E-state index is 11.8. The Hall–Kier alpha value is -2.14. The minimum absolute atomic E-state index is 0.106. The SMILES string of the molecule is CC(C)(C)c1ccc(NC(=S)NC(=O)c2ccoc2)cc1. The lowest BCUT2D eigenvalue weighted by Gasteiger charge is -2.19. The molecule has 2 aromatic rings. The van der Waals surface area contributed by atoms with Crippen LogP contribution in [0.5, 0.6) is 0 Å². The lowest BCUT2D eigenvalue weighted by molar-refractivity contribution is 0.0977. The number of hydrogen-bond acceptors (Lipinski definition) is 3. The highest BCUT2D eigenvalue weighted by Gasteiger charge is 2.13. The van der Waals surface area contributed by atoms with Crippen LogP contribution in [-0.4, -0.2) is 11.0 Å². The van der Waals surface area contributed by atoms with E-state index in [0.29, 0.717) is 5.56 Å². The van der Waals surface area contributed by atoms with Gasteiger partial charge in [-0.2, -0.15) is 0 Å². The highest BCUT2D eigenvalue weighted by atomic mass is 32.1. The van der Waals surface area contributed by atoms with Crippen LogP contribution in [0.2, 0.25) is 0 Å². The van der Waals surface area contributed by atoms with Crippen molar-refractivity contribution in [3.05, 3.63) is 54.0 Å². The second-order valence-electron chi connectivity index (χ2n) is 5.75. The van der Waals surface area contributed by atoms with Crippen LogP contribution in [0.4, 0.5) is 5.69 Å². The maximum absolute atomic E-state index is 11.8. The molecule has 0 atom stereocenters. The van der Waals surface area contributed by atoms with Gasteiger partial charge in [0.05, 0.1) is 11.8 Å². The van der Waals surface area contributed by atoms with Gasteiger partial charge >= 0.3 is 0 Å². The van der Waals surface area contributed by atoms with E-state index in [4.69, 9.17) is 16.6 Å². The Morgan fingerprint density at radius 1 is 1.14 bits per heavy atom. The monoisotopic (exact) mass is 302 g/mol. The Morgan fingerprint density at radius 2 is 1.81 bits per heavy atom. The van der Waals surface area contributed by atoms with Crippen LogP contribution in [0.15, 0.2) is 47.3 Å². The van der Waals surface area contributed by atoms with E-state index < -0.39 is 0 Å². The van der Waals surface area contributed by atoms with Gasteiger partial charge < -0.3 is 9.73 Å². The molecule has 0 saturated heterocycles. The van der Waals surface area contributed by atoms with Crippen molar-refractivity contribution in [2.24, 2.45) is 0 Å². The number of carbonyl (C=O) groups excluding carboxylic acids is 1. The predicted octanol–water partition coefficient (Wildman–Crippen LogP) is 3.70. The van der Waals surface area contributed by atoms with Crippen molar-refractivity contribution in [1.29, 1.82) is 0 Å². The summed E-state index contributed by atoms with van der Waals surface area (Å²) >= 11 is 5.12. The van der Waals surface area contributed by atoms with Crippen LogP contribution in [0.1, 0.15) is 36.7 Å². The van der Waals surface area contributed by atoms with Gasteiger partial charge in [0.15, 0.2) is 5.11 Å². The standard InChI is InChI=1S/C16H18N2O2S/c1-16(2,3)12-4-6-13(7-5-12)17-15(21)18-14(19)11-8-9-20-10-11/h4-10H,1-3H3,(H2,17,18,19,21). The van der Waals surface area contributed by atoms with Gasteiger partial charge in [-0.3, -0.25) is 10.1 Å². The van der Waals surface area contributed by atoms with Gasteiger partial charge in [0, 0.05) is 5.69 Å². The van der Waals surface area contributed by atoms with E-state index in [1.165, 1.54) is 18.1 Å². The number of nitrogens with one attached hydrogen (secondary N) is 2. The number of amides is 1. The smallest absolute Gasteiger partial charge is 0.260 e. The highest BCUT2D eigenvalue weighted by molar-refractivity contribution is 7.80. The van der Waals surface area contributed by atoms with E-state index in [-0.39, 0.29) is 16.4 Å². The largest absolute Gasteiger partial charge is 0.472 e. The fourth-order valence-electron chi connectivity index (χ4n) is 1.78. The summed E-state index contributed by atoms with van der Waals surface area (Å²) in [7, 11) is 0. The molecule has 0 aliphatic heterocycles. The first kappa shape index (κ1) is 15.3. The zero-order valence-corrected chi connectivity index (χ0v) is 13.1. The van der Waals surface area contributed by atoms with Gasteiger partial charge in [0.2, 0.25) is 0 Å². The Labute approximate surface area is 129 Å². The van der Waals surface area contributed by atoms with Crippen molar-refractivity contribution in [3.8, 4) is 0 Å². The first-order chi connectivity index (χ1) is 9.86. The van der Waals surface area contributed by atoms with Gasteiger partial charge in [0.25, 0.3) is 5.91 Å². The Balaban J connectivity index is 1.95. The fourth-order valence-corrected chi connectivity index (χ4v) is 2.00. The molecular weight excluding hydrogens is 284 g/mol. The van der Waals surface area contributed by atoms with E-state index in [1.807, 2.05) is 24.3 Å². The summed E-state index contributed by atoms with van der Waals surface area (Å²) in [6, 6.07) is 9.55. The molecule has 0 bridgehead atoms. The molecule has 1 amide bonds. The van der Waals surface area contributed by atoms with Gasteiger partial charge in [-0.25, -0.2) is 0 Å².